The Morgan fingerprint density at radius 1 is 1.06 bits per heavy atom. The third-order valence-corrected chi connectivity index (χ3v) is 5.88. The quantitative estimate of drug-likeness (QED) is 0.683. The molecule has 1 aromatic rings. The van der Waals surface area contributed by atoms with Crippen LogP contribution in [0.25, 0.3) is 0 Å². The monoisotopic (exact) mass is 457 g/mol. The zero-order chi connectivity index (χ0) is 23.7. The fraction of sp³-hybridized carbons (Fsp3) is 0.773. The van der Waals surface area contributed by atoms with Gasteiger partial charge in [0.2, 0.25) is 5.95 Å². The van der Waals surface area contributed by atoms with E-state index in [1.54, 1.807) is 4.90 Å². The van der Waals surface area contributed by atoms with Gasteiger partial charge in [0, 0.05) is 45.1 Å². The van der Waals surface area contributed by atoms with Crippen LogP contribution in [0.1, 0.15) is 53.0 Å². The molecule has 3 heterocycles. The molecule has 1 aromatic heterocycles. The van der Waals surface area contributed by atoms with Crippen LogP contribution in [0.15, 0.2) is 12.4 Å². The predicted molar refractivity (Wildman–Crippen MR) is 115 cm³/mol. The van der Waals surface area contributed by atoms with Crippen molar-refractivity contribution in [1.82, 2.24) is 19.8 Å². The molecule has 180 valence electrons. The average molecular weight is 458 g/mol. The van der Waals surface area contributed by atoms with Crippen LogP contribution in [0, 0.1) is 5.41 Å². The summed E-state index contributed by atoms with van der Waals surface area (Å²) in [6.07, 6.45) is -1.64. The molecule has 10 heteroatoms. The normalized spacial score (nSPS) is 24.0. The number of rotatable bonds is 3. The van der Waals surface area contributed by atoms with Crippen LogP contribution in [0.3, 0.4) is 0 Å². The standard InChI is InChI=1S/C22H34F3N5O2/c1-15-12-29(19-26-10-17(11-27-19)22(23,24)25)13-16(2)30(15)20(31)32-18-6-8-28(9-7-18)14-21(3,4)5/h10-11,15-16,18H,6-9,12-14H2,1-5H3/t15-,16+. The number of alkyl halides is 3. The van der Waals surface area contributed by atoms with Gasteiger partial charge in [0.05, 0.1) is 17.6 Å². The Morgan fingerprint density at radius 2 is 1.59 bits per heavy atom. The topological polar surface area (TPSA) is 61.8 Å². The molecule has 0 aliphatic carbocycles. The largest absolute Gasteiger partial charge is 0.446 e. The molecule has 0 N–H and O–H groups in total. The van der Waals surface area contributed by atoms with Crippen LogP contribution in [0.5, 0.6) is 0 Å². The molecular weight excluding hydrogens is 423 g/mol. The summed E-state index contributed by atoms with van der Waals surface area (Å²) >= 11 is 0. The highest BCUT2D eigenvalue weighted by Gasteiger charge is 2.37. The summed E-state index contributed by atoms with van der Waals surface area (Å²) < 4.78 is 44.1. The number of piperazine rings is 1. The van der Waals surface area contributed by atoms with Crippen molar-refractivity contribution in [2.75, 3.05) is 37.6 Å². The minimum absolute atomic E-state index is 0.0885. The second-order valence-corrected chi connectivity index (χ2v) is 10.2. The molecular formula is C22H34F3N5O2. The van der Waals surface area contributed by atoms with Gasteiger partial charge in [-0.15, -0.1) is 0 Å². The number of piperidine rings is 1. The molecule has 0 bridgehead atoms. The van der Waals surface area contributed by atoms with Gasteiger partial charge in [0.25, 0.3) is 0 Å². The maximum atomic E-state index is 12.9. The number of likely N-dealkylation sites (tertiary alicyclic amines) is 1. The van der Waals surface area contributed by atoms with Gasteiger partial charge < -0.3 is 14.5 Å². The molecule has 3 rings (SSSR count). The summed E-state index contributed by atoms with van der Waals surface area (Å²) in [6, 6.07) is -0.365. The van der Waals surface area contributed by atoms with Crippen molar-refractivity contribution >= 4 is 12.0 Å². The minimum Gasteiger partial charge on any atom is -0.446 e. The average Bonchev–Trinajstić information content (AvgIpc) is 2.67. The number of aromatic nitrogens is 2. The number of ether oxygens (including phenoxy) is 1. The van der Waals surface area contributed by atoms with Gasteiger partial charge >= 0.3 is 12.3 Å². The van der Waals surface area contributed by atoms with Crippen molar-refractivity contribution in [3.63, 3.8) is 0 Å². The predicted octanol–water partition coefficient (Wildman–Crippen LogP) is 4.04. The van der Waals surface area contributed by atoms with Crippen LogP contribution < -0.4 is 4.90 Å². The second kappa shape index (κ2) is 9.41. The molecule has 0 aromatic carbocycles. The van der Waals surface area contributed by atoms with E-state index < -0.39 is 11.7 Å². The lowest BCUT2D eigenvalue weighted by atomic mass is 9.94. The molecule has 0 unspecified atom stereocenters. The zero-order valence-corrected chi connectivity index (χ0v) is 19.5. The Morgan fingerprint density at radius 3 is 2.06 bits per heavy atom. The maximum absolute atomic E-state index is 12.9. The highest BCUT2D eigenvalue weighted by molar-refractivity contribution is 5.69. The number of halogens is 3. The highest BCUT2D eigenvalue weighted by atomic mass is 19.4. The second-order valence-electron chi connectivity index (χ2n) is 10.2. The first-order valence-electron chi connectivity index (χ1n) is 11.2. The highest BCUT2D eigenvalue weighted by Crippen LogP contribution is 2.29. The Balaban J connectivity index is 1.54. The first kappa shape index (κ1) is 24.5. The van der Waals surface area contributed by atoms with Crippen LogP contribution in [0.4, 0.5) is 23.9 Å². The zero-order valence-electron chi connectivity index (χ0n) is 19.5. The summed E-state index contributed by atoms with van der Waals surface area (Å²) in [6.45, 7) is 14.2. The van der Waals surface area contributed by atoms with Gasteiger partial charge in [-0.25, -0.2) is 14.8 Å². The van der Waals surface area contributed by atoms with E-state index >= 15 is 0 Å². The van der Waals surface area contributed by atoms with E-state index in [-0.39, 0.29) is 35.6 Å². The van der Waals surface area contributed by atoms with Gasteiger partial charge in [-0.05, 0) is 32.1 Å². The van der Waals surface area contributed by atoms with Gasteiger partial charge in [-0.3, -0.25) is 4.90 Å². The molecule has 2 aliphatic rings. The van der Waals surface area contributed by atoms with Crippen molar-refractivity contribution in [3.05, 3.63) is 18.0 Å². The van der Waals surface area contributed by atoms with E-state index in [9.17, 15) is 18.0 Å². The first-order chi connectivity index (χ1) is 14.8. The van der Waals surface area contributed by atoms with E-state index in [1.807, 2.05) is 18.7 Å². The van der Waals surface area contributed by atoms with Gasteiger partial charge in [0.15, 0.2) is 0 Å². The molecule has 32 heavy (non-hydrogen) atoms. The smallest absolute Gasteiger partial charge is 0.419 e. The number of hydrogen-bond acceptors (Lipinski definition) is 6. The molecule has 7 nitrogen and oxygen atoms in total. The first-order valence-corrected chi connectivity index (χ1v) is 11.2. The number of nitrogens with zero attached hydrogens (tertiary/aromatic N) is 5. The molecule has 2 aliphatic heterocycles. The molecule has 1 amide bonds. The number of amides is 1. The third kappa shape index (κ3) is 6.24. The van der Waals surface area contributed by atoms with E-state index in [0.717, 1.165) is 44.9 Å². The Bertz CT molecular complexity index is 761. The van der Waals surface area contributed by atoms with Crippen molar-refractivity contribution < 1.29 is 22.7 Å². The molecule has 2 fully saturated rings. The van der Waals surface area contributed by atoms with E-state index in [2.05, 4.69) is 35.6 Å². The van der Waals surface area contributed by atoms with Crippen LogP contribution >= 0.6 is 0 Å². The molecule has 2 atom stereocenters. The van der Waals surface area contributed by atoms with Crippen LogP contribution in [0.2, 0.25) is 0 Å². The summed E-state index contributed by atoms with van der Waals surface area (Å²) in [5.41, 5.74) is -0.636. The number of hydrogen-bond donors (Lipinski definition) is 0. The summed E-state index contributed by atoms with van der Waals surface area (Å²) in [5.74, 6) is 0.232. The van der Waals surface area contributed by atoms with Crippen molar-refractivity contribution in [2.24, 2.45) is 5.41 Å². The van der Waals surface area contributed by atoms with Gasteiger partial charge in [-0.2, -0.15) is 13.2 Å². The summed E-state index contributed by atoms with van der Waals surface area (Å²) in [7, 11) is 0. The van der Waals surface area contributed by atoms with Crippen LogP contribution in [-0.4, -0.2) is 76.8 Å². The van der Waals surface area contributed by atoms with E-state index in [1.165, 1.54) is 0 Å². The molecule has 2 saturated heterocycles. The lowest BCUT2D eigenvalue weighted by Gasteiger charge is -2.44. The third-order valence-electron chi connectivity index (χ3n) is 5.88. The molecule has 0 radical (unpaired) electrons. The lowest BCUT2D eigenvalue weighted by Crippen LogP contribution is -2.59. The fourth-order valence-corrected chi connectivity index (χ4v) is 4.54. The maximum Gasteiger partial charge on any atom is 0.419 e. The van der Waals surface area contributed by atoms with Gasteiger partial charge in [-0.1, -0.05) is 20.8 Å². The van der Waals surface area contributed by atoms with Crippen molar-refractivity contribution in [2.45, 2.75) is 71.8 Å². The van der Waals surface area contributed by atoms with Crippen molar-refractivity contribution in [1.29, 1.82) is 0 Å². The molecule has 0 saturated carbocycles. The Kier molecular flexibility index (Phi) is 7.21. The Labute approximate surface area is 187 Å². The number of anilines is 1. The minimum atomic E-state index is -4.47. The summed E-state index contributed by atoms with van der Waals surface area (Å²) in [5, 5.41) is 0. The van der Waals surface area contributed by atoms with Gasteiger partial charge in [0.1, 0.15) is 6.10 Å². The molecule has 0 spiro atoms. The lowest BCUT2D eigenvalue weighted by molar-refractivity contribution is -0.138. The van der Waals surface area contributed by atoms with E-state index in [4.69, 9.17) is 4.74 Å². The SMILES string of the molecule is C[C@@H]1CN(c2ncc(C(F)(F)F)cn2)C[C@H](C)N1C(=O)OC1CCN(CC(C)(C)C)CC1. The fourth-order valence-electron chi connectivity index (χ4n) is 4.54. The van der Waals surface area contributed by atoms with Crippen LogP contribution in [-0.2, 0) is 10.9 Å². The van der Waals surface area contributed by atoms with E-state index in [0.29, 0.717) is 13.1 Å². The van der Waals surface area contributed by atoms with Crippen molar-refractivity contribution in [3.8, 4) is 0 Å². The number of carbonyl (C=O) groups is 1. The Hall–Kier alpha value is -2.10. The summed E-state index contributed by atoms with van der Waals surface area (Å²) in [4.78, 5) is 26.6. The number of carbonyl (C=O) groups excluding carboxylic acids is 1.